The molecule has 1 atom stereocenters. The first-order valence-corrected chi connectivity index (χ1v) is 10.1. The number of benzene rings is 2. The van der Waals surface area contributed by atoms with Crippen LogP contribution >= 0.6 is 0 Å². The zero-order valence-corrected chi connectivity index (χ0v) is 17.2. The molecule has 0 aliphatic carbocycles. The molecule has 2 amide bonds. The number of carbonyl (C=O) groups is 2. The summed E-state index contributed by atoms with van der Waals surface area (Å²) in [6, 6.07) is 11.4. The van der Waals surface area contributed by atoms with Crippen molar-refractivity contribution in [2.75, 3.05) is 38.0 Å². The van der Waals surface area contributed by atoms with Gasteiger partial charge in [0.1, 0.15) is 0 Å². The summed E-state index contributed by atoms with van der Waals surface area (Å²) in [7, 11) is 0. The third kappa shape index (κ3) is 6.05. The number of carbonyl (C=O) groups excluding carboxylic acids is 2. The number of amides is 2. The molecule has 6 nitrogen and oxygen atoms in total. The van der Waals surface area contributed by atoms with E-state index >= 15 is 0 Å². The van der Waals surface area contributed by atoms with Crippen LogP contribution in [0.2, 0.25) is 0 Å². The van der Waals surface area contributed by atoms with Crippen LogP contribution in [0.5, 0.6) is 0 Å². The van der Waals surface area contributed by atoms with Crippen molar-refractivity contribution in [1.82, 2.24) is 15.1 Å². The lowest BCUT2D eigenvalue weighted by Crippen LogP contribution is -2.54. The smallest absolute Gasteiger partial charge is 0.243 e. The Balaban J connectivity index is 1.42. The largest absolute Gasteiger partial charge is 0.346 e. The monoisotopic (exact) mass is 434 g/mol. The van der Waals surface area contributed by atoms with Crippen LogP contribution < -0.4 is 10.6 Å². The van der Waals surface area contributed by atoms with Gasteiger partial charge >= 0.3 is 0 Å². The zero-order valence-electron chi connectivity index (χ0n) is 17.2. The van der Waals surface area contributed by atoms with Gasteiger partial charge in [0, 0.05) is 32.7 Å². The van der Waals surface area contributed by atoms with Crippen molar-refractivity contribution < 1.29 is 22.8 Å². The molecule has 3 rings (SSSR count). The predicted octanol–water partition coefficient (Wildman–Crippen LogP) is 2.36. The van der Waals surface area contributed by atoms with Gasteiger partial charge in [-0.25, -0.2) is 13.2 Å². The second-order valence-corrected chi connectivity index (χ2v) is 7.46. The van der Waals surface area contributed by atoms with E-state index in [1.807, 2.05) is 23.1 Å². The highest BCUT2D eigenvalue weighted by Crippen LogP contribution is 2.19. The molecule has 31 heavy (non-hydrogen) atoms. The van der Waals surface area contributed by atoms with Gasteiger partial charge in [0.2, 0.25) is 11.8 Å². The summed E-state index contributed by atoms with van der Waals surface area (Å²) < 4.78 is 39.8. The third-order valence-corrected chi connectivity index (χ3v) is 5.32. The van der Waals surface area contributed by atoms with Crippen LogP contribution in [0.1, 0.15) is 12.5 Å². The van der Waals surface area contributed by atoms with Crippen LogP contribution in [0.25, 0.3) is 0 Å². The van der Waals surface area contributed by atoms with E-state index in [2.05, 4.69) is 27.7 Å². The average molecular weight is 434 g/mol. The highest BCUT2D eigenvalue weighted by molar-refractivity contribution is 5.95. The summed E-state index contributed by atoms with van der Waals surface area (Å²) >= 11 is 0. The fourth-order valence-corrected chi connectivity index (χ4v) is 3.45. The minimum Gasteiger partial charge on any atom is -0.346 e. The Morgan fingerprint density at radius 3 is 2.32 bits per heavy atom. The van der Waals surface area contributed by atoms with Gasteiger partial charge in [-0.3, -0.25) is 19.4 Å². The van der Waals surface area contributed by atoms with Gasteiger partial charge in [-0.2, -0.15) is 0 Å². The minimum absolute atomic E-state index is 0.336. The molecule has 1 unspecified atom stereocenters. The van der Waals surface area contributed by atoms with Crippen molar-refractivity contribution in [3.8, 4) is 0 Å². The second kappa shape index (κ2) is 10.4. The Bertz CT molecular complexity index is 918. The zero-order chi connectivity index (χ0) is 22.4. The molecule has 2 aromatic rings. The van der Waals surface area contributed by atoms with E-state index in [9.17, 15) is 22.8 Å². The van der Waals surface area contributed by atoms with E-state index in [4.69, 9.17) is 0 Å². The summed E-state index contributed by atoms with van der Waals surface area (Å²) in [4.78, 5) is 28.7. The van der Waals surface area contributed by atoms with Gasteiger partial charge in [-0.15, -0.1) is 0 Å². The number of nitrogens with one attached hydrogen (secondary N) is 2. The van der Waals surface area contributed by atoms with Gasteiger partial charge in [0.05, 0.1) is 18.3 Å². The maximum absolute atomic E-state index is 13.6. The van der Waals surface area contributed by atoms with Crippen LogP contribution in [0.4, 0.5) is 18.9 Å². The van der Waals surface area contributed by atoms with Crippen LogP contribution in [0, 0.1) is 17.5 Å². The van der Waals surface area contributed by atoms with E-state index in [0.29, 0.717) is 19.2 Å². The number of halogens is 3. The molecule has 1 saturated heterocycles. The number of anilines is 1. The van der Waals surface area contributed by atoms with Crippen LogP contribution in [-0.2, 0) is 16.1 Å². The highest BCUT2D eigenvalue weighted by Gasteiger charge is 2.26. The second-order valence-electron chi connectivity index (χ2n) is 7.46. The standard InChI is InChI=1S/C22H25F3N4O2/c1-15(29-11-9-28(10-12-29)14-16-5-3-2-4-6-16)22(31)26-13-19(30)27-18-8-7-17(23)20(24)21(18)25/h2-8,15H,9-14H2,1H3,(H,26,31)(H,27,30). The Labute approximate surface area is 179 Å². The molecule has 0 radical (unpaired) electrons. The molecule has 9 heteroatoms. The normalized spacial score (nSPS) is 16.0. The molecule has 1 fully saturated rings. The molecule has 2 aromatic carbocycles. The Kier molecular flexibility index (Phi) is 7.64. The highest BCUT2D eigenvalue weighted by atomic mass is 19.2. The fourth-order valence-electron chi connectivity index (χ4n) is 3.45. The molecule has 1 heterocycles. The molecular weight excluding hydrogens is 409 g/mol. The lowest BCUT2D eigenvalue weighted by Gasteiger charge is -2.37. The summed E-state index contributed by atoms with van der Waals surface area (Å²) in [5.74, 6) is -5.57. The molecule has 166 valence electrons. The summed E-state index contributed by atoms with van der Waals surface area (Å²) in [5.41, 5.74) is 0.756. The van der Waals surface area contributed by atoms with Crippen molar-refractivity contribution in [1.29, 1.82) is 0 Å². The first-order chi connectivity index (χ1) is 14.8. The molecule has 0 aromatic heterocycles. The molecule has 1 aliphatic heterocycles. The van der Waals surface area contributed by atoms with E-state index in [-0.39, 0.29) is 5.91 Å². The minimum atomic E-state index is -1.66. The Hall–Kier alpha value is -2.91. The predicted molar refractivity (Wildman–Crippen MR) is 111 cm³/mol. The van der Waals surface area contributed by atoms with Gasteiger partial charge in [-0.1, -0.05) is 30.3 Å². The number of hydrogen-bond acceptors (Lipinski definition) is 4. The average Bonchev–Trinajstić information content (AvgIpc) is 2.78. The van der Waals surface area contributed by atoms with Crippen molar-refractivity contribution in [2.45, 2.75) is 19.5 Å². The number of nitrogens with zero attached hydrogens (tertiary/aromatic N) is 2. The van der Waals surface area contributed by atoms with Crippen molar-refractivity contribution in [2.24, 2.45) is 0 Å². The SMILES string of the molecule is CC(C(=O)NCC(=O)Nc1ccc(F)c(F)c1F)N1CCN(Cc2ccccc2)CC1. The number of rotatable bonds is 7. The first-order valence-electron chi connectivity index (χ1n) is 10.1. The lowest BCUT2D eigenvalue weighted by molar-refractivity contribution is -0.128. The van der Waals surface area contributed by atoms with E-state index in [0.717, 1.165) is 25.7 Å². The van der Waals surface area contributed by atoms with Gasteiger partial charge < -0.3 is 10.6 Å². The van der Waals surface area contributed by atoms with Crippen molar-refractivity contribution in [3.63, 3.8) is 0 Å². The molecule has 0 bridgehead atoms. The van der Waals surface area contributed by atoms with Crippen LogP contribution in [0.15, 0.2) is 42.5 Å². The van der Waals surface area contributed by atoms with E-state index in [1.54, 1.807) is 6.92 Å². The van der Waals surface area contributed by atoms with Crippen molar-refractivity contribution in [3.05, 3.63) is 65.5 Å². The third-order valence-electron chi connectivity index (χ3n) is 5.32. The van der Waals surface area contributed by atoms with Gasteiger partial charge in [0.25, 0.3) is 0 Å². The van der Waals surface area contributed by atoms with Gasteiger partial charge in [-0.05, 0) is 24.6 Å². The molecule has 2 N–H and O–H groups in total. The van der Waals surface area contributed by atoms with E-state index < -0.39 is 41.6 Å². The molecule has 0 saturated carbocycles. The fraction of sp³-hybridized carbons (Fsp3) is 0.364. The Morgan fingerprint density at radius 1 is 0.968 bits per heavy atom. The van der Waals surface area contributed by atoms with E-state index in [1.165, 1.54) is 5.56 Å². The number of piperazine rings is 1. The summed E-state index contributed by atoms with van der Waals surface area (Å²) in [5, 5.41) is 4.63. The number of hydrogen-bond donors (Lipinski definition) is 2. The van der Waals surface area contributed by atoms with Gasteiger partial charge in [0.15, 0.2) is 17.5 Å². The van der Waals surface area contributed by atoms with Crippen molar-refractivity contribution >= 4 is 17.5 Å². The summed E-state index contributed by atoms with van der Waals surface area (Å²) in [6.45, 7) is 5.28. The molecule has 0 spiro atoms. The topological polar surface area (TPSA) is 64.7 Å². The lowest BCUT2D eigenvalue weighted by atomic mass is 10.1. The molecule has 1 aliphatic rings. The maximum atomic E-state index is 13.6. The Morgan fingerprint density at radius 2 is 1.65 bits per heavy atom. The summed E-state index contributed by atoms with van der Waals surface area (Å²) in [6.07, 6.45) is 0. The van der Waals surface area contributed by atoms with Crippen LogP contribution in [0.3, 0.4) is 0 Å². The first kappa shape index (κ1) is 22.8. The van der Waals surface area contributed by atoms with Crippen LogP contribution in [-0.4, -0.2) is 60.4 Å². The maximum Gasteiger partial charge on any atom is 0.243 e. The quantitative estimate of drug-likeness (QED) is 0.657. The molecular formula is C22H25F3N4O2.